The summed E-state index contributed by atoms with van der Waals surface area (Å²) in [6.45, 7) is -0.250. The molecule has 0 radical (unpaired) electrons. The molecule has 0 aliphatic heterocycles. The molecule has 0 aromatic rings. The van der Waals surface area contributed by atoms with Gasteiger partial charge in [0.1, 0.15) is 0 Å². The van der Waals surface area contributed by atoms with Crippen molar-refractivity contribution in [3.05, 3.63) is 22.7 Å². The Morgan fingerprint density at radius 3 is 2.44 bits per heavy atom. The van der Waals surface area contributed by atoms with Gasteiger partial charge in [0.15, 0.2) is 0 Å². The molecule has 1 rings (SSSR count). The Bertz CT molecular complexity index is 138. The molecule has 0 fully saturated rings. The number of hydrogen-bond donors (Lipinski definition) is 1. The van der Waals surface area contributed by atoms with Crippen LogP contribution in [0.1, 0.15) is 6.42 Å². The molecule has 0 unspecified atom stereocenters. The molecule has 0 atom stereocenters. The Hall–Kier alpha value is -0.531. The van der Waals surface area contributed by atoms with Gasteiger partial charge in [-0.1, -0.05) is 0 Å². The van der Waals surface area contributed by atoms with Crippen molar-refractivity contribution in [1.82, 2.24) is 0 Å². The summed E-state index contributed by atoms with van der Waals surface area (Å²) >= 11 is 3.74. The number of carbonyl (C=O) groups is 1. The monoisotopic (exact) mass is 167 g/mol. The van der Waals surface area contributed by atoms with Crippen molar-refractivity contribution in [1.29, 1.82) is 0 Å². The van der Waals surface area contributed by atoms with Gasteiger partial charge in [-0.05, 0) is 0 Å². The molecule has 0 spiro atoms. The molecule has 0 heterocycles. The van der Waals surface area contributed by atoms with Crippen LogP contribution in [0, 0.1) is 0 Å². The van der Waals surface area contributed by atoms with E-state index in [0.717, 1.165) is 6.42 Å². The maximum atomic E-state index is 8.36. The first-order valence-electron chi connectivity index (χ1n) is 2.39. The quantitative estimate of drug-likeness (QED) is 0.432. The first-order valence-corrected chi connectivity index (χ1v) is 2.94. The molecule has 1 aliphatic rings. The Kier molecular flexibility index (Phi) is 5.27. The normalized spacial score (nSPS) is 13.7. The van der Waals surface area contributed by atoms with Gasteiger partial charge >= 0.3 is 45.1 Å². The summed E-state index contributed by atoms with van der Waals surface area (Å²) in [5.74, 6) is 0. The molecule has 3 heteroatoms. The minimum atomic E-state index is -0.250. The molecule has 9 heavy (non-hydrogen) atoms. The van der Waals surface area contributed by atoms with Crippen LogP contribution in [0.15, 0.2) is 22.7 Å². The van der Waals surface area contributed by atoms with Crippen molar-refractivity contribution in [2.24, 2.45) is 0 Å². The molecule has 1 aliphatic carbocycles. The Labute approximate surface area is 62.1 Å². The molecule has 1 N–H and O–H groups in total. The third-order valence-corrected chi connectivity index (χ3v) is 1.13. The van der Waals surface area contributed by atoms with Gasteiger partial charge in [-0.2, -0.15) is 0 Å². The third-order valence-electron chi connectivity index (χ3n) is 0.717. The SMILES string of the molecule is O=CO.[Fe][C]1=CC=CC1. The van der Waals surface area contributed by atoms with Gasteiger partial charge in [-0.15, -0.1) is 0 Å². The maximum absolute atomic E-state index is 8.36. The molecule has 51 valence electrons. The molecule has 2 nitrogen and oxygen atoms in total. The van der Waals surface area contributed by atoms with E-state index in [1.54, 1.807) is 0 Å². The fraction of sp³-hybridized carbons (Fsp3) is 0.167. The van der Waals surface area contributed by atoms with Crippen LogP contribution in [0.25, 0.3) is 0 Å². The molecule has 0 saturated heterocycles. The predicted molar refractivity (Wildman–Crippen MR) is 30.5 cm³/mol. The van der Waals surface area contributed by atoms with Gasteiger partial charge in [-0.3, -0.25) is 4.79 Å². The average Bonchev–Trinajstić information content (AvgIpc) is 2.20. The summed E-state index contributed by atoms with van der Waals surface area (Å²) in [6, 6.07) is 0. The predicted octanol–water partition coefficient (Wildman–Crippen LogP) is 1.08. The van der Waals surface area contributed by atoms with Gasteiger partial charge in [0, 0.05) is 0 Å². The van der Waals surface area contributed by atoms with Crippen molar-refractivity contribution >= 4 is 6.47 Å². The molecule has 0 saturated carbocycles. The van der Waals surface area contributed by atoms with Gasteiger partial charge in [0.05, 0.1) is 0 Å². The topological polar surface area (TPSA) is 37.3 Å². The van der Waals surface area contributed by atoms with Crippen LogP contribution in [0.5, 0.6) is 0 Å². The number of hydrogen-bond acceptors (Lipinski definition) is 1. The van der Waals surface area contributed by atoms with E-state index in [-0.39, 0.29) is 6.47 Å². The van der Waals surface area contributed by atoms with Gasteiger partial charge in [-0.25, -0.2) is 0 Å². The van der Waals surface area contributed by atoms with Crippen molar-refractivity contribution in [3.8, 4) is 0 Å². The third kappa shape index (κ3) is 5.34. The number of allylic oxidation sites excluding steroid dienone is 4. The second kappa shape index (κ2) is 5.60. The first-order chi connectivity index (χ1) is 4.31. The summed E-state index contributed by atoms with van der Waals surface area (Å²) in [5, 5.41) is 6.89. The van der Waals surface area contributed by atoms with E-state index in [4.69, 9.17) is 9.90 Å². The number of rotatable bonds is 0. The van der Waals surface area contributed by atoms with Crippen molar-refractivity contribution in [3.63, 3.8) is 0 Å². The summed E-state index contributed by atoms with van der Waals surface area (Å²) in [6.07, 6.45) is 7.21. The Morgan fingerprint density at radius 2 is 2.33 bits per heavy atom. The molecular formula is C6H7FeO2. The zero-order chi connectivity index (χ0) is 7.11. The van der Waals surface area contributed by atoms with Crippen LogP contribution in [-0.2, 0) is 20.8 Å². The van der Waals surface area contributed by atoms with Crippen LogP contribution in [0.2, 0.25) is 0 Å². The average molecular weight is 167 g/mol. The zero-order valence-corrected chi connectivity index (χ0v) is 5.83. The van der Waals surface area contributed by atoms with E-state index in [9.17, 15) is 0 Å². The van der Waals surface area contributed by atoms with Crippen molar-refractivity contribution in [2.75, 3.05) is 0 Å². The fourth-order valence-electron chi connectivity index (χ4n) is 0.416. The van der Waals surface area contributed by atoms with Gasteiger partial charge < -0.3 is 5.11 Å². The number of carboxylic acid groups (broad SMARTS) is 1. The molecular weight excluding hydrogens is 160 g/mol. The Morgan fingerprint density at radius 1 is 1.78 bits per heavy atom. The summed E-state index contributed by atoms with van der Waals surface area (Å²) in [5.41, 5.74) is 0. The van der Waals surface area contributed by atoms with E-state index in [0.29, 0.717) is 0 Å². The molecule has 0 aromatic heterocycles. The zero-order valence-electron chi connectivity index (χ0n) is 4.73. The van der Waals surface area contributed by atoms with Gasteiger partial charge in [0.2, 0.25) is 0 Å². The Balaban J connectivity index is 0.000000187. The van der Waals surface area contributed by atoms with Crippen LogP contribution < -0.4 is 0 Å². The second-order valence-electron chi connectivity index (χ2n) is 1.34. The first kappa shape index (κ1) is 8.47. The van der Waals surface area contributed by atoms with Crippen molar-refractivity contribution < 1.29 is 25.9 Å². The van der Waals surface area contributed by atoms with Crippen LogP contribution in [0.4, 0.5) is 0 Å². The van der Waals surface area contributed by atoms with E-state index in [1.165, 1.54) is 4.47 Å². The van der Waals surface area contributed by atoms with E-state index in [2.05, 4.69) is 22.1 Å². The summed E-state index contributed by atoms with van der Waals surface area (Å²) < 4.78 is 1.22. The van der Waals surface area contributed by atoms with E-state index >= 15 is 0 Å². The summed E-state index contributed by atoms with van der Waals surface area (Å²) in [4.78, 5) is 8.36. The summed E-state index contributed by atoms with van der Waals surface area (Å²) in [7, 11) is 0. The molecule has 0 bridgehead atoms. The van der Waals surface area contributed by atoms with Crippen LogP contribution >= 0.6 is 0 Å². The van der Waals surface area contributed by atoms with Gasteiger partial charge in [0.25, 0.3) is 6.47 Å². The standard InChI is InChI=1S/C5H5.CH2O2.Fe/c1-2-4-5-3-1;2-1-3;/h1-3H,4H2;1H,(H,2,3);. The second-order valence-corrected chi connectivity index (χ2v) is 2.04. The molecule has 0 amide bonds. The van der Waals surface area contributed by atoms with E-state index in [1.807, 2.05) is 12.2 Å². The molecule has 0 aromatic carbocycles. The minimum absolute atomic E-state index is 0.250. The van der Waals surface area contributed by atoms with E-state index < -0.39 is 0 Å². The van der Waals surface area contributed by atoms with Crippen LogP contribution in [0.3, 0.4) is 0 Å². The van der Waals surface area contributed by atoms with Crippen molar-refractivity contribution in [2.45, 2.75) is 6.42 Å². The fourth-order valence-corrected chi connectivity index (χ4v) is 0.652. The van der Waals surface area contributed by atoms with Crippen LogP contribution in [-0.4, -0.2) is 11.6 Å².